The molecular formula is C27H29N3O. The summed E-state index contributed by atoms with van der Waals surface area (Å²) < 4.78 is 7.70. The predicted molar refractivity (Wildman–Crippen MR) is 122 cm³/mol. The molecule has 2 aliphatic rings. The SMILES string of the molecule is COc1ccccc1-n1nc2c(c1-c1ccc(C#N)cc1)CC(CC1CCCCC1)C2. The van der Waals surface area contributed by atoms with Crippen molar-refractivity contribution in [2.24, 2.45) is 11.8 Å². The molecule has 2 aromatic carbocycles. The first-order valence-electron chi connectivity index (χ1n) is 11.5. The number of hydrogen-bond donors (Lipinski definition) is 0. The van der Waals surface area contributed by atoms with Crippen molar-refractivity contribution in [3.8, 4) is 28.8 Å². The number of methoxy groups -OCH3 is 1. The van der Waals surface area contributed by atoms with Gasteiger partial charge in [-0.15, -0.1) is 0 Å². The first-order valence-corrected chi connectivity index (χ1v) is 11.5. The minimum absolute atomic E-state index is 0.680. The van der Waals surface area contributed by atoms with E-state index in [1.54, 1.807) is 7.11 Å². The Kier molecular flexibility index (Phi) is 5.51. The van der Waals surface area contributed by atoms with Crippen LogP contribution in [0.5, 0.6) is 5.75 Å². The van der Waals surface area contributed by atoms with E-state index in [1.165, 1.54) is 49.8 Å². The standard InChI is InChI=1S/C27H29N3O/c1-31-26-10-6-5-9-25(26)30-27(22-13-11-20(18-28)12-14-22)23-16-21(17-24(23)29-30)15-19-7-3-2-4-8-19/h5-6,9-14,19,21H,2-4,7-8,15-17H2,1H3. The Labute approximate surface area is 184 Å². The maximum atomic E-state index is 9.22. The van der Waals surface area contributed by atoms with Crippen molar-refractivity contribution < 1.29 is 4.74 Å². The van der Waals surface area contributed by atoms with E-state index in [4.69, 9.17) is 9.84 Å². The molecule has 3 aromatic rings. The lowest BCUT2D eigenvalue weighted by Gasteiger charge is -2.24. The van der Waals surface area contributed by atoms with Crippen LogP contribution in [0, 0.1) is 23.2 Å². The Morgan fingerprint density at radius 3 is 2.52 bits per heavy atom. The third kappa shape index (κ3) is 3.85. The van der Waals surface area contributed by atoms with Crippen molar-refractivity contribution in [3.05, 3.63) is 65.4 Å². The Balaban J connectivity index is 1.53. The van der Waals surface area contributed by atoms with E-state index in [0.717, 1.165) is 41.5 Å². The third-order valence-corrected chi connectivity index (χ3v) is 7.03. The molecule has 4 heteroatoms. The largest absolute Gasteiger partial charge is 0.494 e. The fourth-order valence-electron chi connectivity index (χ4n) is 5.55. The van der Waals surface area contributed by atoms with Crippen LogP contribution in [0.2, 0.25) is 0 Å². The number of ether oxygens (including phenoxy) is 1. The van der Waals surface area contributed by atoms with Gasteiger partial charge in [0.1, 0.15) is 11.4 Å². The van der Waals surface area contributed by atoms with E-state index in [0.29, 0.717) is 11.5 Å². The number of aromatic nitrogens is 2. The van der Waals surface area contributed by atoms with E-state index < -0.39 is 0 Å². The average Bonchev–Trinajstić information content (AvgIpc) is 3.37. The van der Waals surface area contributed by atoms with Crippen LogP contribution in [0.1, 0.15) is 55.3 Å². The summed E-state index contributed by atoms with van der Waals surface area (Å²) in [5.41, 5.74) is 6.50. The number of fused-ring (bicyclic) bond motifs is 1. The quantitative estimate of drug-likeness (QED) is 0.509. The van der Waals surface area contributed by atoms with Crippen LogP contribution in [0.3, 0.4) is 0 Å². The summed E-state index contributed by atoms with van der Waals surface area (Å²) in [5.74, 6) is 2.41. The first kappa shape index (κ1) is 19.9. The van der Waals surface area contributed by atoms with Gasteiger partial charge in [-0.2, -0.15) is 10.4 Å². The molecule has 0 amide bonds. The zero-order valence-electron chi connectivity index (χ0n) is 18.2. The second-order valence-electron chi connectivity index (χ2n) is 9.06. The van der Waals surface area contributed by atoms with Gasteiger partial charge >= 0.3 is 0 Å². The number of benzene rings is 2. The molecule has 1 heterocycles. The summed E-state index contributed by atoms with van der Waals surface area (Å²) in [6, 6.07) is 18.2. The fraction of sp³-hybridized carbons (Fsp3) is 0.407. The van der Waals surface area contributed by atoms with Crippen LogP contribution in [0.25, 0.3) is 16.9 Å². The van der Waals surface area contributed by atoms with E-state index in [1.807, 2.05) is 30.3 Å². The molecule has 2 aliphatic carbocycles. The van der Waals surface area contributed by atoms with Gasteiger partial charge in [0.05, 0.1) is 30.1 Å². The summed E-state index contributed by atoms with van der Waals surface area (Å²) in [5, 5.41) is 14.3. The molecule has 31 heavy (non-hydrogen) atoms. The third-order valence-electron chi connectivity index (χ3n) is 7.03. The van der Waals surface area contributed by atoms with Crippen molar-refractivity contribution in [2.45, 2.75) is 51.4 Å². The van der Waals surface area contributed by atoms with Crippen LogP contribution in [-0.4, -0.2) is 16.9 Å². The highest BCUT2D eigenvalue weighted by Crippen LogP contribution is 2.41. The van der Waals surface area contributed by atoms with Crippen LogP contribution in [-0.2, 0) is 12.8 Å². The highest BCUT2D eigenvalue weighted by atomic mass is 16.5. The Bertz CT molecular complexity index is 1100. The molecule has 0 spiro atoms. The van der Waals surface area contributed by atoms with Crippen molar-refractivity contribution in [1.82, 2.24) is 9.78 Å². The zero-order chi connectivity index (χ0) is 21.2. The lowest BCUT2D eigenvalue weighted by molar-refractivity contribution is 0.290. The number of nitrogens with zero attached hydrogens (tertiary/aromatic N) is 3. The van der Waals surface area contributed by atoms with Gasteiger partial charge < -0.3 is 4.74 Å². The molecule has 0 radical (unpaired) electrons. The maximum Gasteiger partial charge on any atom is 0.144 e. The highest BCUT2D eigenvalue weighted by molar-refractivity contribution is 5.69. The zero-order valence-corrected chi connectivity index (χ0v) is 18.2. The summed E-state index contributed by atoms with van der Waals surface area (Å²) in [7, 11) is 1.71. The first-order chi connectivity index (χ1) is 15.3. The average molecular weight is 412 g/mol. The second kappa shape index (κ2) is 8.59. The monoisotopic (exact) mass is 411 g/mol. The molecule has 5 rings (SSSR count). The lowest BCUT2D eigenvalue weighted by atomic mass is 9.82. The van der Waals surface area contributed by atoms with Crippen LogP contribution >= 0.6 is 0 Å². The number of para-hydroxylation sites is 2. The van der Waals surface area contributed by atoms with Gasteiger partial charge in [0.15, 0.2) is 0 Å². The molecule has 158 valence electrons. The predicted octanol–water partition coefficient (Wildman–Crippen LogP) is 6.10. The molecule has 0 bridgehead atoms. The Hall–Kier alpha value is -3.06. The van der Waals surface area contributed by atoms with Gasteiger partial charge in [-0.1, -0.05) is 56.4 Å². The van der Waals surface area contributed by atoms with Crippen LogP contribution < -0.4 is 4.74 Å². The van der Waals surface area contributed by atoms with E-state index in [2.05, 4.69) is 29.0 Å². The number of rotatable bonds is 5. The molecule has 1 aromatic heterocycles. The van der Waals surface area contributed by atoms with Gasteiger partial charge in [0.2, 0.25) is 0 Å². The molecule has 1 atom stereocenters. The van der Waals surface area contributed by atoms with Gasteiger partial charge in [0.25, 0.3) is 0 Å². The molecule has 1 saturated carbocycles. The Morgan fingerprint density at radius 2 is 1.77 bits per heavy atom. The molecule has 0 N–H and O–H groups in total. The van der Waals surface area contributed by atoms with E-state index >= 15 is 0 Å². The lowest BCUT2D eigenvalue weighted by Crippen LogP contribution is -2.13. The molecule has 0 aliphatic heterocycles. The minimum Gasteiger partial charge on any atom is -0.494 e. The van der Waals surface area contributed by atoms with Crippen molar-refractivity contribution >= 4 is 0 Å². The highest BCUT2D eigenvalue weighted by Gasteiger charge is 2.32. The summed E-state index contributed by atoms with van der Waals surface area (Å²) in [6.45, 7) is 0. The smallest absolute Gasteiger partial charge is 0.144 e. The summed E-state index contributed by atoms with van der Waals surface area (Å²) >= 11 is 0. The van der Waals surface area contributed by atoms with Gasteiger partial charge in [0, 0.05) is 11.1 Å². The van der Waals surface area contributed by atoms with Crippen molar-refractivity contribution in [1.29, 1.82) is 5.26 Å². The van der Waals surface area contributed by atoms with Gasteiger partial charge in [-0.05, 0) is 55.4 Å². The summed E-state index contributed by atoms with van der Waals surface area (Å²) in [6.07, 6.45) is 10.5. The normalized spacial score (nSPS) is 18.5. The van der Waals surface area contributed by atoms with E-state index in [9.17, 15) is 5.26 Å². The maximum absolute atomic E-state index is 9.22. The summed E-state index contributed by atoms with van der Waals surface area (Å²) in [4.78, 5) is 0. The molecule has 4 nitrogen and oxygen atoms in total. The molecule has 1 unspecified atom stereocenters. The van der Waals surface area contributed by atoms with E-state index in [-0.39, 0.29) is 0 Å². The molecular weight excluding hydrogens is 382 g/mol. The van der Waals surface area contributed by atoms with Gasteiger partial charge in [-0.3, -0.25) is 0 Å². The Morgan fingerprint density at radius 1 is 1.00 bits per heavy atom. The molecule has 0 saturated heterocycles. The van der Waals surface area contributed by atoms with Crippen molar-refractivity contribution in [3.63, 3.8) is 0 Å². The number of hydrogen-bond acceptors (Lipinski definition) is 3. The topological polar surface area (TPSA) is 50.8 Å². The molecule has 1 fully saturated rings. The number of nitriles is 1. The van der Waals surface area contributed by atoms with Crippen LogP contribution in [0.15, 0.2) is 48.5 Å². The van der Waals surface area contributed by atoms with Gasteiger partial charge in [-0.25, -0.2) is 4.68 Å². The van der Waals surface area contributed by atoms with Crippen LogP contribution in [0.4, 0.5) is 0 Å². The minimum atomic E-state index is 0.680. The fourth-order valence-corrected chi connectivity index (χ4v) is 5.55. The second-order valence-corrected chi connectivity index (χ2v) is 9.06. The van der Waals surface area contributed by atoms with Crippen molar-refractivity contribution in [2.75, 3.05) is 7.11 Å².